The molecule has 0 unspecified atom stereocenters. The maximum Gasteiger partial charge on any atom is 0.277 e. The van der Waals surface area contributed by atoms with Crippen molar-refractivity contribution in [3.63, 3.8) is 0 Å². The summed E-state index contributed by atoms with van der Waals surface area (Å²) in [7, 11) is 0. The van der Waals surface area contributed by atoms with E-state index in [1.807, 2.05) is 0 Å². The van der Waals surface area contributed by atoms with Crippen LogP contribution in [0.15, 0.2) is 9.64 Å². The first kappa shape index (κ1) is 12.3. The maximum absolute atomic E-state index is 11.8. The van der Waals surface area contributed by atoms with Crippen molar-refractivity contribution in [3.05, 3.63) is 5.89 Å². The molecule has 17 heavy (non-hydrogen) atoms. The average Bonchev–Trinajstić information content (AvgIpc) is 2.85. The number of hydrogen-bond donors (Lipinski definition) is 1. The van der Waals surface area contributed by atoms with Crippen LogP contribution in [0.2, 0.25) is 0 Å². The van der Waals surface area contributed by atoms with Gasteiger partial charge in [0.1, 0.15) is 0 Å². The molecule has 1 aliphatic heterocycles. The van der Waals surface area contributed by atoms with Crippen molar-refractivity contribution in [1.29, 1.82) is 0 Å². The Hall–Kier alpha value is -1.12. The summed E-state index contributed by atoms with van der Waals surface area (Å²) in [4.78, 5) is 13.6. The predicted octanol–water partition coefficient (Wildman–Crippen LogP) is -0.521. The smallest absolute Gasteiger partial charge is 0.277 e. The van der Waals surface area contributed by atoms with Gasteiger partial charge in [0, 0.05) is 13.1 Å². The van der Waals surface area contributed by atoms with E-state index in [1.165, 1.54) is 11.8 Å². The Bertz CT molecular complexity index is 378. The van der Waals surface area contributed by atoms with Crippen molar-refractivity contribution < 1.29 is 13.9 Å². The lowest BCUT2D eigenvalue weighted by Gasteiger charge is -2.26. The van der Waals surface area contributed by atoms with E-state index in [2.05, 4.69) is 10.2 Å². The maximum atomic E-state index is 11.8. The Labute approximate surface area is 103 Å². The largest absolute Gasteiger partial charge is 0.415 e. The number of thioether (sulfide) groups is 1. The van der Waals surface area contributed by atoms with Crippen molar-refractivity contribution in [2.45, 2.75) is 11.8 Å². The number of carbonyl (C=O) groups excluding carboxylic acids is 1. The second-order valence-corrected chi connectivity index (χ2v) is 4.37. The first-order valence-electron chi connectivity index (χ1n) is 5.30. The Morgan fingerprint density at radius 1 is 1.41 bits per heavy atom. The molecule has 1 aliphatic rings. The third kappa shape index (κ3) is 3.42. The topological polar surface area (TPSA) is 94.5 Å². The minimum absolute atomic E-state index is 0.0609. The summed E-state index contributed by atoms with van der Waals surface area (Å²) in [5.74, 6) is 0.740. The minimum atomic E-state index is 0.0609. The normalized spacial score (nSPS) is 16.2. The third-order valence-electron chi connectivity index (χ3n) is 2.31. The summed E-state index contributed by atoms with van der Waals surface area (Å²) < 4.78 is 10.4. The van der Waals surface area contributed by atoms with Crippen LogP contribution >= 0.6 is 11.8 Å². The molecule has 2 N–H and O–H groups in total. The van der Waals surface area contributed by atoms with Gasteiger partial charge in [-0.2, -0.15) is 0 Å². The molecule has 1 amide bonds. The highest BCUT2D eigenvalue weighted by molar-refractivity contribution is 7.99. The summed E-state index contributed by atoms with van der Waals surface area (Å²) in [6.07, 6.45) is 0. The van der Waals surface area contributed by atoms with E-state index in [9.17, 15) is 4.79 Å². The van der Waals surface area contributed by atoms with E-state index in [0.29, 0.717) is 43.2 Å². The van der Waals surface area contributed by atoms with E-state index >= 15 is 0 Å². The zero-order valence-electron chi connectivity index (χ0n) is 9.29. The van der Waals surface area contributed by atoms with Gasteiger partial charge in [0.05, 0.1) is 25.5 Å². The fourth-order valence-electron chi connectivity index (χ4n) is 1.41. The standard InChI is InChI=1S/C9H14N4O3S/c10-5-7-11-12-9(16-7)17-6-8(14)13-1-3-15-4-2-13/h1-6,10H2. The van der Waals surface area contributed by atoms with Crippen LogP contribution in [0, 0.1) is 0 Å². The van der Waals surface area contributed by atoms with Crippen LogP contribution in [-0.4, -0.2) is 53.1 Å². The van der Waals surface area contributed by atoms with Crippen LogP contribution in [0.4, 0.5) is 0 Å². The lowest BCUT2D eigenvalue weighted by atomic mass is 10.4. The molecule has 1 aromatic heterocycles. The number of morpholine rings is 1. The van der Waals surface area contributed by atoms with Gasteiger partial charge >= 0.3 is 0 Å². The quantitative estimate of drug-likeness (QED) is 0.726. The number of rotatable bonds is 4. The molecule has 0 atom stereocenters. The monoisotopic (exact) mass is 258 g/mol. The van der Waals surface area contributed by atoms with Gasteiger partial charge < -0.3 is 19.8 Å². The van der Waals surface area contributed by atoms with E-state index < -0.39 is 0 Å². The molecule has 2 heterocycles. The summed E-state index contributed by atoms with van der Waals surface area (Å²) in [5, 5.41) is 7.87. The van der Waals surface area contributed by atoms with Gasteiger partial charge in [-0.15, -0.1) is 10.2 Å². The molecule has 8 heteroatoms. The van der Waals surface area contributed by atoms with Crippen molar-refractivity contribution in [1.82, 2.24) is 15.1 Å². The number of nitrogens with two attached hydrogens (primary N) is 1. The van der Waals surface area contributed by atoms with Gasteiger partial charge in [-0.3, -0.25) is 4.79 Å². The summed E-state index contributed by atoms with van der Waals surface area (Å²) >= 11 is 1.23. The number of aromatic nitrogens is 2. The van der Waals surface area contributed by atoms with Crippen LogP contribution in [0.25, 0.3) is 0 Å². The lowest BCUT2D eigenvalue weighted by Crippen LogP contribution is -2.41. The number of hydrogen-bond acceptors (Lipinski definition) is 7. The Kier molecular flexibility index (Phi) is 4.35. The average molecular weight is 258 g/mol. The molecule has 94 valence electrons. The molecular weight excluding hydrogens is 244 g/mol. The number of amides is 1. The van der Waals surface area contributed by atoms with Crippen LogP contribution in [0.5, 0.6) is 0 Å². The van der Waals surface area contributed by atoms with Crippen molar-refractivity contribution in [2.75, 3.05) is 32.1 Å². The van der Waals surface area contributed by atoms with Crippen molar-refractivity contribution in [2.24, 2.45) is 5.73 Å². The number of nitrogens with zero attached hydrogens (tertiary/aromatic N) is 3. The van der Waals surface area contributed by atoms with Crippen molar-refractivity contribution >= 4 is 17.7 Å². The summed E-state index contributed by atoms with van der Waals surface area (Å²) in [6.45, 7) is 2.72. The van der Waals surface area contributed by atoms with E-state index in [4.69, 9.17) is 14.9 Å². The molecule has 0 spiro atoms. The number of carbonyl (C=O) groups is 1. The summed E-state index contributed by atoms with van der Waals surface area (Å²) in [5.41, 5.74) is 5.34. The fourth-order valence-corrected chi connectivity index (χ4v) is 2.09. The lowest BCUT2D eigenvalue weighted by molar-refractivity contribution is -0.132. The van der Waals surface area contributed by atoms with Crippen LogP contribution in [0.1, 0.15) is 5.89 Å². The molecule has 7 nitrogen and oxygen atoms in total. The van der Waals surface area contributed by atoms with Crippen LogP contribution in [0.3, 0.4) is 0 Å². The first-order valence-corrected chi connectivity index (χ1v) is 6.29. The molecular formula is C9H14N4O3S. The minimum Gasteiger partial charge on any atom is -0.415 e. The second-order valence-electron chi connectivity index (χ2n) is 3.45. The van der Waals surface area contributed by atoms with Gasteiger partial charge in [0.25, 0.3) is 5.22 Å². The molecule has 1 aromatic rings. The Balaban J connectivity index is 1.78. The molecule has 0 aliphatic carbocycles. The van der Waals surface area contributed by atoms with E-state index in [0.717, 1.165) is 0 Å². The van der Waals surface area contributed by atoms with E-state index in [1.54, 1.807) is 4.90 Å². The summed E-state index contributed by atoms with van der Waals surface area (Å²) in [6, 6.07) is 0. The molecule has 0 saturated carbocycles. The molecule has 0 radical (unpaired) electrons. The SMILES string of the molecule is NCc1nnc(SCC(=O)N2CCOCC2)o1. The fraction of sp³-hybridized carbons (Fsp3) is 0.667. The predicted molar refractivity (Wildman–Crippen MR) is 60.3 cm³/mol. The molecule has 0 aromatic carbocycles. The Morgan fingerprint density at radius 3 is 2.82 bits per heavy atom. The highest BCUT2D eigenvalue weighted by atomic mass is 32.2. The highest BCUT2D eigenvalue weighted by Crippen LogP contribution is 2.16. The molecule has 0 bridgehead atoms. The van der Waals surface area contributed by atoms with E-state index in [-0.39, 0.29) is 12.5 Å². The third-order valence-corrected chi connectivity index (χ3v) is 3.11. The Morgan fingerprint density at radius 2 is 2.18 bits per heavy atom. The molecule has 1 fully saturated rings. The zero-order chi connectivity index (χ0) is 12.1. The molecule has 2 rings (SSSR count). The molecule has 1 saturated heterocycles. The number of ether oxygens (including phenoxy) is 1. The first-order chi connectivity index (χ1) is 8.29. The van der Waals surface area contributed by atoms with Gasteiger partial charge in [-0.1, -0.05) is 11.8 Å². The van der Waals surface area contributed by atoms with Gasteiger partial charge in [0.15, 0.2) is 0 Å². The van der Waals surface area contributed by atoms with Crippen molar-refractivity contribution in [3.8, 4) is 0 Å². The van der Waals surface area contributed by atoms with Gasteiger partial charge in [0.2, 0.25) is 11.8 Å². The van der Waals surface area contributed by atoms with Crippen LogP contribution < -0.4 is 5.73 Å². The zero-order valence-corrected chi connectivity index (χ0v) is 10.1. The second kappa shape index (κ2) is 5.99. The van der Waals surface area contributed by atoms with Gasteiger partial charge in [-0.25, -0.2) is 0 Å². The highest BCUT2D eigenvalue weighted by Gasteiger charge is 2.17. The van der Waals surface area contributed by atoms with Gasteiger partial charge in [-0.05, 0) is 0 Å². The van der Waals surface area contributed by atoms with Crippen LogP contribution in [-0.2, 0) is 16.1 Å².